The van der Waals surface area contributed by atoms with Crippen molar-refractivity contribution in [2.75, 3.05) is 0 Å². The molecular formula is C16H8N2O2. The molecule has 0 fully saturated rings. The van der Waals surface area contributed by atoms with Gasteiger partial charge >= 0.3 is 0 Å². The van der Waals surface area contributed by atoms with Gasteiger partial charge in [0.2, 0.25) is 0 Å². The molecule has 3 aromatic rings. The number of nitrogens with zero attached hydrogens (tertiary/aromatic N) is 2. The van der Waals surface area contributed by atoms with Crippen LogP contribution >= 0.6 is 0 Å². The minimum absolute atomic E-state index is 0.136. The van der Waals surface area contributed by atoms with Gasteiger partial charge < -0.3 is 0 Å². The Morgan fingerprint density at radius 1 is 0.650 bits per heavy atom. The average molecular weight is 260 g/mol. The van der Waals surface area contributed by atoms with Gasteiger partial charge in [0.15, 0.2) is 11.6 Å². The van der Waals surface area contributed by atoms with E-state index >= 15 is 0 Å². The zero-order valence-corrected chi connectivity index (χ0v) is 10.3. The van der Waals surface area contributed by atoms with Crippen molar-refractivity contribution >= 4 is 22.6 Å². The van der Waals surface area contributed by atoms with Crippen LogP contribution in [0.5, 0.6) is 0 Å². The van der Waals surface area contributed by atoms with Crippen LogP contribution in [0, 0.1) is 0 Å². The van der Waals surface area contributed by atoms with E-state index in [1.807, 2.05) is 0 Å². The summed E-state index contributed by atoms with van der Waals surface area (Å²) in [6.45, 7) is 0. The van der Waals surface area contributed by atoms with Crippen molar-refractivity contribution in [1.82, 2.24) is 9.97 Å². The van der Waals surface area contributed by atoms with Crippen LogP contribution in [-0.4, -0.2) is 21.5 Å². The third-order valence-electron chi connectivity index (χ3n) is 3.51. The molecule has 4 nitrogen and oxygen atoms in total. The van der Waals surface area contributed by atoms with E-state index in [-0.39, 0.29) is 11.6 Å². The number of carbonyl (C=O) groups excluding carboxylic acids is 2. The second kappa shape index (κ2) is 3.81. The molecule has 0 saturated heterocycles. The third kappa shape index (κ3) is 1.36. The molecule has 1 aliphatic carbocycles. The number of benzene rings is 2. The molecule has 94 valence electrons. The summed E-state index contributed by atoms with van der Waals surface area (Å²) in [5, 5.41) is 0. The molecule has 0 unspecified atom stereocenters. The lowest BCUT2D eigenvalue weighted by molar-refractivity contribution is 0.0979. The zero-order valence-electron chi connectivity index (χ0n) is 10.3. The lowest BCUT2D eigenvalue weighted by atomic mass is 9.84. The maximum atomic E-state index is 12.5. The first-order valence-corrected chi connectivity index (χ1v) is 6.19. The summed E-state index contributed by atoms with van der Waals surface area (Å²) in [4.78, 5) is 33.4. The zero-order chi connectivity index (χ0) is 13.7. The van der Waals surface area contributed by atoms with Gasteiger partial charge in [0.05, 0.1) is 11.0 Å². The van der Waals surface area contributed by atoms with Crippen molar-refractivity contribution in [1.29, 1.82) is 0 Å². The molecule has 0 aliphatic heterocycles. The van der Waals surface area contributed by atoms with Gasteiger partial charge in [-0.2, -0.15) is 0 Å². The van der Waals surface area contributed by atoms with Gasteiger partial charge in [0.25, 0.3) is 0 Å². The van der Waals surface area contributed by atoms with Crippen LogP contribution in [0.3, 0.4) is 0 Å². The molecule has 20 heavy (non-hydrogen) atoms. The van der Waals surface area contributed by atoms with Crippen LogP contribution in [0.15, 0.2) is 48.8 Å². The van der Waals surface area contributed by atoms with E-state index in [0.29, 0.717) is 33.3 Å². The highest BCUT2D eigenvalue weighted by atomic mass is 16.1. The fourth-order valence-electron chi connectivity index (χ4n) is 2.56. The second-order valence-corrected chi connectivity index (χ2v) is 4.65. The number of ketones is 2. The van der Waals surface area contributed by atoms with Crippen molar-refractivity contribution in [2.24, 2.45) is 0 Å². The average Bonchev–Trinajstić information content (AvgIpc) is 2.51. The summed E-state index contributed by atoms with van der Waals surface area (Å²) in [6.07, 6.45) is 3.13. The molecule has 1 aromatic heterocycles. The molecule has 0 amide bonds. The Morgan fingerprint density at radius 3 is 1.55 bits per heavy atom. The third-order valence-corrected chi connectivity index (χ3v) is 3.51. The number of hydrogen-bond acceptors (Lipinski definition) is 4. The highest BCUT2D eigenvalue weighted by Gasteiger charge is 2.29. The number of hydrogen-bond donors (Lipinski definition) is 0. The quantitative estimate of drug-likeness (QED) is 0.487. The molecule has 2 aromatic carbocycles. The van der Waals surface area contributed by atoms with E-state index in [4.69, 9.17) is 0 Å². The van der Waals surface area contributed by atoms with E-state index in [2.05, 4.69) is 9.97 Å². The monoisotopic (exact) mass is 260 g/mol. The van der Waals surface area contributed by atoms with Gasteiger partial charge in [-0.05, 0) is 12.1 Å². The summed E-state index contributed by atoms with van der Waals surface area (Å²) in [7, 11) is 0. The smallest absolute Gasteiger partial charge is 0.194 e. The molecule has 0 N–H and O–H groups in total. The molecule has 4 rings (SSSR count). The van der Waals surface area contributed by atoms with Crippen LogP contribution in [0.1, 0.15) is 31.8 Å². The number of aromatic nitrogens is 2. The number of carbonyl (C=O) groups is 2. The lowest BCUT2D eigenvalue weighted by Gasteiger charge is -2.17. The Labute approximate surface area is 114 Å². The van der Waals surface area contributed by atoms with E-state index in [1.165, 1.54) is 0 Å². The minimum Gasteiger partial charge on any atom is -0.289 e. The first-order chi connectivity index (χ1) is 9.75. The van der Waals surface area contributed by atoms with Gasteiger partial charge in [0, 0.05) is 34.6 Å². The molecular weight excluding hydrogens is 252 g/mol. The van der Waals surface area contributed by atoms with Crippen LogP contribution in [-0.2, 0) is 0 Å². The highest BCUT2D eigenvalue weighted by molar-refractivity contribution is 6.29. The van der Waals surface area contributed by atoms with Crippen molar-refractivity contribution in [3.05, 3.63) is 71.0 Å². The van der Waals surface area contributed by atoms with Gasteiger partial charge in [-0.3, -0.25) is 19.6 Å². The maximum Gasteiger partial charge on any atom is 0.194 e. The molecule has 4 heteroatoms. The van der Waals surface area contributed by atoms with Crippen molar-refractivity contribution in [3.8, 4) is 0 Å². The standard InChI is InChI=1S/C16H8N2O2/c19-15-9-3-1-2-4-10(9)16(20)12-8-14-13(7-11(12)15)17-5-6-18-14/h1-8H. The van der Waals surface area contributed by atoms with Gasteiger partial charge in [0.1, 0.15) is 0 Å². The first-order valence-electron chi connectivity index (χ1n) is 6.19. The Bertz CT molecular complexity index is 826. The second-order valence-electron chi connectivity index (χ2n) is 4.65. The molecule has 1 aliphatic rings. The summed E-state index contributed by atoms with van der Waals surface area (Å²) < 4.78 is 0. The van der Waals surface area contributed by atoms with Crippen molar-refractivity contribution in [2.45, 2.75) is 0 Å². The molecule has 0 bridgehead atoms. The SMILES string of the molecule is O=C1c2ccccc2C(=O)c2cc3nccnc3cc21. The number of fused-ring (bicyclic) bond motifs is 3. The van der Waals surface area contributed by atoms with Crippen molar-refractivity contribution < 1.29 is 9.59 Å². The van der Waals surface area contributed by atoms with Crippen LogP contribution in [0.4, 0.5) is 0 Å². The predicted molar refractivity (Wildman–Crippen MR) is 72.8 cm³/mol. The van der Waals surface area contributed by atoms with Crippen LogP contribution in [0.25, 0.3) is 11.0 Å². The maximum absolute atomic E-state index is 12.5. The van der Waals surface area contributed by atoms with Crippen LogP contribution in [0.2, 0.25) is 0 Å². The molecule has 0 radical (unpaired) electrons. The van der Waals surface area contributed by atoms with Gasteiger partial charge in [-0.15, -0.1) is 0 Å². The fourth-order valence-corrected chi connectivity index (χ4v) is 2.56. The largest absolute Gasteiger partial charge is 0.289 e. The Kier molecular flexibility index (Phi) is 2.09. The Hall–Kier alpha value is -2.88. The van der Waals surface area contributed by atoms with Crippen LogP contribution < -0.4 is 0 Å². The normalized spacial score (nSPS) is 13.2. The van der Waals surface area contributed by atoms with Gasteiger partial charge in [-0.1, -0.05) is 24.3 Å². The Morgan fingerprint density at radius 2 is 1.10 bits per heavy atom. The lowest BCUT2D eigenvalue weighted by Crippen LogP contribution is -2.20. The highest BCUT2D eigenvalue weighted by Crippen LogP contribution is 2.29. The van der Waals surface area contributed by atoms with Gasteiger partial charge in [-0.25, -0.2) is 0 Å². The summed E-state index contributed by atoms with van der Waals surface area (Å²) >= 11 is 0. The van der Waals surface area contributed by atoms with E-state index in [9.17, 15) is 9.59 Å². The topological polar surface area (TPSA) is 59.9 Å². The predicted octanol–water partition coefficient (Wildman–Crippen LogP) is 2.41. The molecule has 0 atom stereocenters. The van der Waals surface area contributed by atoms with Crippen molar-refractivity contribution in [3.63, 3.8) is 0 Å². The van der Waals surface area contributed by atoms with E-state index in [1.54, 1.807) is 48.8 Å². The fraction of sp³-hybridized carbons (Fsp3) is 0. The Balaban J connectivity index is 2.08. The minimum atomic E-state index is -0.136. The van der Waals surface area contributed by atoms with E-state index in [0.717, 1.165) is 0 Å². The summed E-state index contributed by atoms with van der Waals surface area (Å²) in [5.74, 6) is -0.273. The molecule has 0 saturated carbocycles. The molecule has 0 spiro atoms. The van der Waals surface area contributed by atoms with E-state index < -0.39 is 0 Å². The summed E-state index contributed by atoms with van der Waals surface area (Å²) in [5.41, 5.74) is 2.95. The summed E-state index contributed by atoms with van der Waals surface area (Å²) in [6, 6.07) is 10.2. The number of rotatable bonds is 0. The first kappa shape index (κ1) is 11.0. The molecule has 1 heterocycles.